The molecule has 0 bridgehead atoms. The first-order valence-electron chi connectivity index (χ1n) is 6.21. The second-order valence-corrected chi connectivity index (χ2v) is 5.50. The number of nitrogens with zero attached hydrogens (tertiary/aromatic N) is 1. The predicted molar refractivity (Wildman–Crippen MR) is 63.6 cm³/mol. The topological polar surface area (TPSA) is 33.7 Å². The quantitative estimate of drug-likeness (QED) is 0.755. The summed E-state index contributed by atoms with van der Waals surface area (Å²) in [6, 6.07) is 0.513. The predicted octanol–water partition coefficient (Wildman–Crippen LogP) is 0.332. The number of hydrogen-bond acceptors (Lipinski definition) is 4. The van der Waals surface area contributed by atoms with Gasteiger partial charge in [-0.1, -0.05) is 0 Å². The molecule has 0 aliphatic carbocycles. The largest absolute Gasteiger partial charge is 0.379 e. The van der Waals surface area contributed by atoms with Crippen LogP contribution < -0.4 is 5.32 Å². The van der Waals surface area contributed by atoms with Crippen LogP contribution in [0, 0.1) is 5.92 Å². The number of hydrogen-bond donors (Lipinski definition) is 1. The molecule has 0 aromatic carbocycles. The smallest absolute Gasteiger partial charge is 0.0645 e. The summed E-state index contributed by atoms with van der Waals surface area (Å²) in [5.74, 6) is 0.613. The summed E-state index contributed by atoms with van der Waals surface area (Å²) in [6.07, 6.45) is 0. The molecule has 2 atom stereocenters. The molecule has 0 saturated carbocycles. The van der Waals surface area contributed by atoms with Crippen molar-refractivity contribution < 1.29 is 9.47 Å². The van der Waals surface area contributed by atoms with E-state index in [1.165, 1.54) is 0 Å². The Kier molecular flexibility index (Phi) is 3.85. The molecule has 2 aliphatic rings. The van der Waals surface area contributed by atoms with Crippen LogP contribution in [0.15, 0.2) is 0 Å². The van der Waals surface area contributed by atoms with Crippen molar-refractivity contribution in [2.24, 2.45) is 5.92 Å². The zero-order valence-corrected chi connectivity index (χ0v) is 10.7. The summed E-state index contributed by atoms with van der Waals surface area (Å²) < 4.78 is 11.1. The Labute approximate surface area is 98.3 Å². The van der Waals surface area contributed by atoms with Crippen molar-refractivity contribution in [2.75, 3.05) is 46.6 Å². The number of morpholine rings is 1. The number of rotatable bonds is 3. The lowest BCUT2D eigenvalue weighted by Gasteiger charge is -2.43. The SMILES string of the molecule is CNC1COCC1CN1CCOCC1(C)C. The number of likely N-dealkylation sites (N-methyl/N-ethyl adjacent to an activating group) is 1. The second kappa shape index (κ2) is 5.00. The van der Waals surface area contributed by atoms with Gasteiger partial charge >= 0.3 is 0 Å². The lowest BCUT2D eigenvalue weighted by atomic mass is 9.97. The molecule has 2 unspecified atom stereocenters. The van der Waals surface area contributed by atoms with E-state index in [-0.39, 0.29) is 5.54 Å². The minimum Gasteiger partial charge on any atom is -0.379 e. The normalized spacial score (nSPS) is 35.4. The Bertz CT molecular complexity index is 233. The Morgan fingerprint density at radius 2 is 2.12 bits per heavy atom. The Balaban J connectivity index is 1.92. The zero-order valence-electron chi connectivity index (χ0n) is 10.7. The third-order valence-corrected chi connectivity index (χ3v) is 3.84. The molecule has 1 N–H and O–H groups in total. The molecular formula is C12H24N2O2. The van der Waals surface area contributed by atoms with Crippen molar-refractivity contribution in [3.8, 4) is 0 Å². The molecule has 0 spiro atoms. The van der Waals surface area contributed by atoms with Gasteiger partial charge in [0.25, 0.3) is 0 Å². The molecule has 4 nitrogen and oxygen atoms in total. The van der Waals surface area contributed by atoms with E-state index in [2.05, 4.69) is 24.1 Å². The van der Waals surface area contributed by atoms with Crippen molar-refractivity contribution in [1.29, 1.82) is 0 Å². The van der Waals surface area contributed by atoms with Crippen molar-refractivity contribution in [2.45, 2.75) is 25.4 Å². The zero-order chi connectivity index (χ0) is 11.6. The van der Waals surface area contributed by atoms with Crippen LogP contribution in [0.4, 0.5) is 0 Å². The molecule has 2 fully saturated rings. The highest BCUT2D eigenvalue weighted by Crippen LogP contribution is 2.23. The molecule has 4 heteroatoms. The van der Waals surface area contributed by atoms with Gasteiger partial charge < -0.3 is 14.8 Å². The minimum atomic E-state index is 0.166. The molecule has 2 saturated heterocycles. The van der Waals surface area contributed by atoms with Gasteiger partial charge in [-0.05, 0) is 20.9 Å². The molecule has 2 rings (SSSR count). The van der Waals surface area contributed by atoms with Gasteiger partial charge in [-0.25, -0.2) is 0 Å². The maximum absolute atomic E-state index is 5.55. The van der Waals surface area contributed by atoms with Crippen LogP contribution in [-0.4, -0.2) is 63.0 Å². The van der Waals surface area contributed by atoms with E-state index in [0.29, 0.717) is 12.0 Å². The first kappa shape index (κ1) is 12.3. The van der Waals surface area contributed by atoms with E-state index < -0.39 is 0 Å². The van der Waals surface area contributed by atoms with Crippen LogP contribution in [0.1, 0.15) is 13.8 Å². The lowest BCUT2D eigenvalue weighted by Crippen LogP contribution is -2.55. The van der Waals surface area contributed by atoms with Gasteiger partial charge in [-0.2, -0.15) is 0 Å². The van der Waals surface area contributed by atoms with Gasteiger partial charge in [-0.15, -0.1) is 0 Å². The molecule has 0 radical (unpaired) electrons. The molecule has 16 heavy (non-hydrogen) atoms. The second-order valence-electron chi connectivity index (χ2n) is 5.50. The van der Waals surface area contributed by atoms with E-state index in [1.54, 1.807) is 0 Å². The average Bonchev–Trinajstić information content (AvgIpc) is 2.68. The van der Waals surface area contributed by atoms with Crippen LogP contribution in [0.5, 0.6) is 0 Å². The highest BCUT2D eigenvalue weighted by Gasteiger charge is 2.35. The highest BCUT2D eigenvalue weighted by atomic mass is 16.5. The summed E-state index contributed by atoms with van der Waals surface area (Å²) in [5, 5.41) is 3.35. The number of ether oxygens (including phenoxy) is 2. The van der Waals surface area contributed by atoms with Crippen molar-refractivity contribution in [3.05, 3.63) is 0 Å². The van der Waals surface area contributed by atoms with E-state index in [4.69, 9.17) is 9.47 Å². The molecular weight excluding hydrogens is 204 g/mol. The van der Waals surface area contributed by atoms with Crippen LogP contribution in [0.2, 0.25) is 0 Å². The third kappa shape index (κ3) is 2.56. The Morgan fingerprint density at radius 1 is 1.31 bits per heavy atom. The first-order chi connectivity index (χ1) is 7.63. The first-order valence-corrected chi connectivity index (χ1v) is 6.21. The summed E-state index contributed by atoms with van der Waals surface area (Å²) in [7, 11) is 2.02. The van der Waals surface area contributed by atoms with Gasteiger partial charge in [0.1, 0.15) is 0 Å². The molecule has 2 aliphatic heterocycles. The fourth-order valence-corrected chi connectivity index (χ4v) is 2.61. The fraction of sp³-hybridized carbons (Fsp3) is 1.00. The van der Waals surface area contributed by atoms with E-state index in [0.717, 1.165) is 39.5 Å². The van der Waals surface area contributed by atoms with Crippen molar-refractivity contribution >= 4 is 0 Å². The van der Waals surface area contributed by atoms with Gasteiger partial charge in [0.2, 0.25) is 0 Å². The molecule has 94 valence electrons. The van der Waals surface area contributed by atoms with Gasteiger partial charge in [0, 0.05) is 30.6 Å². The molecule has 0 amide bonds. The maximum Gasteiger partial charge on any atom is 0.0645 e. The van der Waals surface area contributed by atoms with Crippen molar-refractivity contribution in [1.82, 2.24) is 10.2 Å². The van der Waals surface area contributed by atoms with E-state index in [9.17, 15) is 0 Å². The minimum absolute atomic E-state index is 0.166. The van der Waals surface area contributed by atoms with Crippen molar-refractivity contribution in [3.63, 3.8) is 0 Å². The van der Waals surface area contributed by atoms with Gasteiger partial charge in [-0.3, -0.25) is 4.90 Å². The Hall–Kier alpha value is -0.160. The Morgan fingerprint density at radius 3 is 2.81 bits per heavy atom. The summed E-state index contributed by atoms with van der Waals surface area (Å²) >= 11 is 0. The van der Waals surface area contributed by atoms with Gasteiger partial charge in [0.15, 0.2) is 0 Å². The fourth-order valence-electron chi connectivity index (χ4n) is 2.61. The molecule has 0 aromatic heterocycles. The molecule has 0 aromatic rings. The average molecular weight is 228 g/mol. The van der Waals surface area contributed by atoms with Crippen LogP contribution >= 0.6 is 0 Å². The molecule has 2 heterocycles. The summed E-state index contributed by atoms with van der Waals surface area (Å²) in [5.41, 5.74) is 0.166. The lowest BCUT2D eigenvalue weighted by molar-refractivity contribution is -0.0582. The summed E-state index contributed by atoms with van der Waals surface area (Å²) in [6.45, 7) is 10.1. The van der Waals surface area contributed by atoms with Crippen LogP contribution in [0.3, 0.4) is 0 Å². The highest BCUT2D eigenvalue weighted by molar-refractivity contribution is 4.89. The van der Waals surface area contributed by atoms with Gasteiger partial charge in [0.05, 0.1) is 26.4 Å². The summed E-state index contributed by atoms with van der Waals surface area (Å²) in [4.78, 5) is 2.54. The third-order valence-electron chi connectivity index (χ3n) is 3.84. The standard InChI is InChI=1S/C12H24N2O2/c1-12(2)9-15-5-4-14(12)6-10-7-16-8-11(10)13-3/h10-11,13H,4-9H2,1-3H3. The van der Waals surface area contributed by atoms with E-state index >= 15 is 0 Å². The van der Waals surface area contributed by atoms with Crippen LogP contribution in [0.25, 0.3) is 0 Å². The number of nitrogens with one attached hydrogen (secondary N) is 1. The van der Waals surface area contributed by atoms with Crippen LogP contribution in [-0.2, 0) is 9.47 Å². The van der Waals surface area contributed by atoms with E-state index in [1.807, 2.05) is 7.05 Å². The maximum atomic E-state index is 5.55. The monoisotopic (exact) mass is 228 g/mol.